The van der Waals surface area contributed by atoms with Crippen LogP contribution in [0.1, 0.15) is 26.3 Å². The molecule has 0 aliphatic heterocycles. The van der Waals surface area contributed by atoms with Crippen molar-refractivity contribution in [2.75, 3.05) is 13.2 Å². The second-order valence-electron chi connectivity index (χ2n) is 5.20. The number of aryl methyl sites for hydroxylation is 1. The summed E-state index contributed by atoms with van der Waals surface area (Å²) < 4.78 is 33.8. The molecule has 0 unspecified atom stereocenters. The van der Waals surface area contributed by atoms with Crippen LogP contribution in [0.25, 0.3) is 0 Å². The minimum absolute atomic E-state index is 0.00933. The van der Waals surface area contributed by atoms with Gasteiger partial charge in [0.05, 0.1) is 12.2 Å². The monoisotopic (exact) mass is 306 g/mol. The van der Waals surface area contributed by atoms with Crippen molar-refractivity contribution in [3.63, 3.8) is 0 Å². The van der Waals surface area contributed by atoms with Crippen LogP contribution in [0.2, 0.25) is 0 Å². The summed E-state index contributed by atoms with van der Waals surface area (Å²) in [5.41, 5.74) is 0.551. The Morgan fingerprint density at radius 2 is 1.84 bits per heavy atom. The number of halogens is 1. The number of hydrogen-bond donors (Lipinski definition) is 0. The maximum absolute atomic E-state index is 11.5. The zero-order valence-electron chi connectivity index (χ0n) is 11.6. The molecule has 1 aromatic rings. The lowest BCUT2D eigenvalue weighted by Crippen LogP contribution is -2.22. The van der Waals surface area contributed by atoms with Crippen molar-refractivity contribution in [3.8, 4) is 5.75 Å². The summed E-state index contributed by atoms with van der Waals surface area (Å²) in [4.78, 5) is -0.00933. The fourth-order valence-electron chi connectivity index (χ4n) is 1.42. The Labute approximate surface area is 119 Å². The van der Waals surface area contributed by atoms with E-state index in [0.29, 0.717) is 6.61 Å². The first kappa shape index (κ1) is 16.3. The number of ether oxygens (including phenoxy) is 2. The summed E-state index contributed by atoms with van der Waals surface area (Å²) in [6.45, 7) is 8.24. The second kappa shape index (κ2) is 6.11. The van der Waals surface area contributed by atoms with Crippen LogP contribution in [0.3, 0.4) is 0 Å². The summed E-state index contributed by atoms with van der Waals surface area (Å²) in [6, 6.07) is 4.86. The first-order valence-corrected chi connectivity index (χ1v) is 8.22. The Morgan fingerprint density at radius 1 is 1.21 bits per heavy atom. The fraction of sp³-hybridized carbons (Fsp3) is 0.538. The van der Waals surface area contributed by atoms with Crippen molar-refractivity contribution < 1.29 is 17.9 Å². The van der Waals surface area contributed by atoms with E-state index in [9.17, 15) is 8.42 Å². The molecule has 0 spiro atoms. The van der Waals surface area contributed by atoms with Crippen molar-refractivity contribution in [1.82, 2.24) is 0 Å². The number of benzene rings is 1. The lowest BCUT2D eigenvalue weighted by atomic mass is 10.2. The molecule has 0 radical (unpaired) electrons. The molecular weight excluding hydrogens is 288 g/mol. The highest BCUT2D eigenvalue weighted by atomic mass is 35.7. The van der Waals surface area contributed by atoms with Crippen LogP contribution in [0.15, 0.2) is 23.1 Å². The highest BCUT2D eigenvalue weighted by Gasteiger charge is 2.17. The van der Waals surface area contributed by atoms with Gasteiger partial charge in [-0.1, -0.05) is 6.07 Å². The van der Waals surface area contributed by atoms with Crippen LogP contribution in [0.5, 0.6) is 5.75 Å². The molecule has 0 aliphatic rings. The van der Waals surface area contributed by atoms with Crippen LogP contribution in [0.4, 0.5) is 0 Å². The van der Waals surface area contributed by atoms with Gasteiger partial charge in [-0.15, -0.1) is 0 Å². The van der Waals surface area contributed by atoms with Crippen LogP contribution in [0, 0.1) is 6.92 Å². The molecule has 0 aliphatic carbocycles. The Kier molecular flexibility index (Phi) is 5.24. The van der Waals surface area contributed by atoms with Gasteiger partial charge in [-0.25, -0.2) is 8.42 Å². The largest absolute Gasteiger partial charge is 0.490 e. The fourth-order valence-corrected chi connectivity index (χ4v) is 2.48. The molecule has 0 saturated carbocycles. The molecule has 0 atom stereocenters. The molecule has 0 fully saturated rings. The third-order valence-electron chi connectivity index (χ3n) is 2.24. The number of rotatable bonds is 5. The molecule has 0 aromatic heterocycles. The zero-order chi connectivity index (χ0) is 14.7. The van der Waals surface area contributed by atoms with Crippen LogP contribution < -0.4 is 4.74 Å². The van der Waals surface area contributed by atoms with E-state index < -0.39 is 9.05 Å². The van der Waals surface area contributed by atoms with E-state index in [2.05, 4.69) is 0 Å². The van der Waals surface area contributed by atoms with Gasteiger partial charge in [0.1, 0.15) is 17.3 Å². The summed E-state index contributed by atoms with van der Waals surface area (Å²) in [5.74, 6) is 0.248. The van der Waals surface area contributed by atoms with E-state index in [0.717, 1.165) is 5.56 Å². The molecule has 0 heterocycles. The average Bonchev–Trinajstić information content (AvgIpc) is 2.23. The van der Waals surface area contributed by atoms with Gasteiger partial charge in [0.2, 0.25) is 0 Å². The first-order chi connectivity index (χ1) is 8.59. The van der Waals surface area contributed by atoms with E-state index in [1.54, 1.807) is 19.1 Å². The van der Waals surface area contributed by atoms with Crippen LogP contribution >= 0.6 is 10.7 Å². The minimum atomic E-state index is -3.82. The van der Waals surface area contributed by atoms with E-state index in [1.165, 1.54) is 6.07 Å². The molecule has 108 valence electrons. The lowest BCUT2D eigenvalue weighted by Gasteiger charge is -2.19. The highest BCUT2D eigenvalue weighted by Crippen LogP contribution is 2.27. The Bertz CT molecular complexity index is 532. The molecule has 0 amide bonds. The predicted molar refractivity (Wildman–Crippen MR) is 75.4 cm³/mol. The van der Waals surface area contributed by atoms with E-state index in [-0.39, 0.29) is 22.9 Å². The van der Waals surface area contributed by atoms with Crippen molar-refractivity contribution in [2.45, 2.75) is 38.2 Å². The topological polar surface area (TPSA) is 52.6 Å². The summed E-state index contributed by atoms with van der Waals surface area (Å²) in [5, 5.41) is 0. The van der Waals surface area contributed by atoms with E-state index in [1.807, 2.05) is 20.8 Å². The zero-order valence-corrected chi connectivity index (χ0v) is 13.1. The Balaban J connectivity index is 2.74. The third kappa shape index (κ3) is 5.80. The standard InChI is InChI=1S/C13H19ClO4S/c1-10-5-6-11(12(9-10)19(14,15)16)17-7-8-18-13(2,3)4/h5-6,9H,7-8H2,1-4H3. The summed E-state index contributed by atoms with van der Waals surface area (Å²) in [6.07, 6.45) is 0. The molecule has 0 bridgehead atoms. The maximum Gasteiger partial charge on any atom is 0.264 e. The maximum atomic E-state index is 11.5. The second-order valence-corrected chi connectivity index (χ2v) is 7.73. The van der Waals surface area contributed by atoms with Gasteiger partial charge < -0.3 is 9.47 Å². The first-order valence-electron chi connectivity index (χ1n) is 5.92. The van der Waals surface area contributed by atoms with Crippen LogP contribution in [-0.2, 0) is 13.8 Å². The average molecular weight is 307 g/mol. The minimum Gasteiger partial charge on any atom is -0.490 e. The van der Waals surface area contributed by atoms with Gasteiger partial charge in [-0.2, -0.15) is 0 Å². The van der Waals surface area contributed by atoms with E-state index >= 15 is 0 Å². The van der Waals surface area contributed by atoms with Gasteiger partial charge in [0.15, 0.2) is 0 Å². The van der Waals surface area contributed by atoms with Crippen molar-refractivity contribution in [3.05, 3.63) is 23.8 Å². The molecular formula is C13H19ClO4S. The van der Waals surface area contributed by atoms with Gasteiger partial charge >= 0.3 is 0 Å². The molecule has 1 rings (SSSR count). The Morgan fingerprint density at radius 3 is 2.37 bits per heavy atom. The molecule has 19 heavy (non-hydrogen) atoms. The summed E-state index contributed by atoms with van der Waals surface area (Å²) >= 11 is 0. The van der Waals surface area contributed by atoms with E-state index in [4.69, 9.17) is 20.2 Å². The van der Waals surface area contributed by atoms with Crippen molar-refractivity contribution in [2.24, 2.45) is 0 Å². The molecule has 1 aromatic carbocycles. The third-order valence-corrected chi connectivity index (χ3v) is 3.58. The van der Waals surface area contributed by atoms with Crippen molar-refractivity contribution in [1.29, 1.82) is 0 Å². The number of hydrogen-bond acceptors (Lipinski definition) is 4. The molecule has 0 saturated heterocycles. The smallest absolute Gasteiger partial charge is 0.264 e. The van der Waals surface area contributed by atoms with Crippen LogP contribution in [-0.4, -0.2) is 27.2 Å². The molecule has 6 heteroatoms. The predicted octanol–water partition coefficient (Wildman–Crippen LogP) is 3.12. The molecule has 4 nitrogen and oxygen atoms in total. The quantitative estimate of drug-likeness (QED) is 0.619. The summed E-state index contributed by atoms with van der Waals surface area (Å²) in [7, 11) is 1.57. The van der Waals surface area contributed by atoms with Gasteiger partial charge in [0, 0.05) is 10.7 Å². The normalized spacial score (nSPS) is 12.5. The van der Waals surface area contributed by atoms with Gasteiger partial charge in [-0.3, -0.25) is 0 Å². The lowest BCUT2D eigenvalue weighted by molar-refractivity contribution is -0.0166. The highest BCUT2D eigenvalue weighted by molar-refractivity contribution is 8.13. The van der Waals surface area contributed by atoms with Crippen molar-refractivity contribution >= 4 is 19.7 Å². The van der Waals surface area contributed by atoms with Gasteiger partial charge in [-0.05, 0) is 45.4 Å². The Hall–Kier alpha value is -0.780. The molecule has 0 N–H and O–H groups in total. The SMILES string of the molecule is Cc1ccc(OCCOC(C)(C)C)c(S(=O)(=O)Cl)c1. The van der Waals surface area contributed by atoms with Gasteiger partial charge in [0.25, 0.3) is 9.05 Å².